The number of amides is 1. The van der Waals surface area contributed by atoms with E-state index in [0.717, 1.165) is 16.7 Å². The second-order valence-electron chi connectivity index (χ2n) is 6.99. The molecule has 6 nitrogen and oxygen atoms in total. The summed E-state index contributed by atoms with van der Waals surface area (Å²) in [5, 5.41) is 8.58. The van der Waals surface area contributed by atoms with Gasteiger partial charge >= 0.3 is 0 Å². The third-order valence-corrected chi connectivity index (χ3v) is 5.69. The normalized spacial score (nSPS) is 12.7. The van der Waals surface area contributed by atoms with Gasteiger partial charge in [-0.2, -0.15) is 0 Å². The Labute approximate surface area is 171 Å². The fraction of sp³-hybridized carbons (Fsp3) is 0.350. The van der Waals surface area contributed by atoms with Crippen molar-refractivity contribution in [1.29, 1.82) is 0 Å². The summed E-state index contributed by atoms with van der Waals surface area (Å²) in [6, 6.07) is 9.44. The van der Waals surface area contributed by atoms with Gasteiger partial charge in [0.05, 0.1) is 10.9 Å². The third kappa shape index (κ3) is 5.70. The van der Waals surface area contributed by atoms with Gasteiger partial charge in [-0.3, -0.25) is 4.79 Å². The van der Waals surface area contributed by atoms with Gasteiger partial charge in [-0.1, -0.05) is 37.6 Å². The first kappa shape index (κ1) is 22.2. The second kappa shape index (κ2) is 8.94. The molecule has 2 aromatic carbocycles. The summed E-state index contributed by atoms with van der Waals surface area (Å²) in [5.41, 5.74) is 2.57. The summed E-state index contributed by atoms with van der Waals surface area (Å²) in [5.74, 6) is 0.551. The van der Waals surface area contributed by atoms with E-state index >= 15 is 0 Å². The summed E-state index contributed by atoms with van der Waals surface area (Å²) in [6.45, 7) is 7.60. The van der Waals surface area contributed by atoms with Gasteiger partial charge in [0.1, 0.15) is 5.75 Å². The molecule has 0 bridgehead atoms. The van der Waals surface area contributed by atoms with Crippen LogP contribution >= 0.6 is 11.6 Å². The van der Waals surface area contributed by atoms with E-state index in [0.29, 0.717) is 10.8 Å². The number of hydrogen-bond acceptors (Lipinski definition) is 4. The van der Waals surface area contributed by atoms with Crippen molar-refractivity contribution < 1.29 is 17.9 Å². The number of hydrogen-bond donors (Lipinski definition) is 2. The zero-order valence-electron chi connectivity index (χ0n) is 16.3. The van der Waals surface area contributed by atoms with E-state index in [9.17, 15) is 13.2 Å². The van der Waals surface area contributed by atoms with Crippen molar-refractivity contribution in [2.45, 2.75) is 44.6 Å². The van der Waals surface area contributed by atoms with Crippen molar-refractivity contribution in [2.24, 2.45) is 5.14 Å². The number of benzene rings is 2. The van der Waals surface area contributed by atoms with E-state index in [4.69, 9.17) is 21.5 Å². The fourth-order valence-corrected chi connectivity index (χ4v) is 3.39. The maximum atomic E-state index is 12.3. The molecule has 0 saturated heterocycles. The van der Waals surface area contributed by atoms with E-state index in [1.54, 1.807) is 19.1 Å². The van der Waals surface area contributed by atoms with Gasteiger partial charge < -0.3 is 10.1 Å². The van der Waals surface area contributed by atoms with E-state index in [2.05, 4.69) is 5.32 Å². The molecule has 28 heavy (non-hydrogen) atoms. The van der Waals surface area contributed by atoms with Gasteiger partial charge in [0.2, 0.25) is 10.0 Å². The third-order valence-electron chi connectivity index (χ3n) is 4.36. The van der Waals surface area contributed by atoms with Crippen LogP contribution in [0.4, 0.5) is 0 Å². The van der Waals surface area contributed by atoms with Crippen LogP contribution < -0.4 is 15.2 Å². The van der Waals surface area contributed by atoms with Crippen LogP contribution in [-0.4, -0.2) is 20.9 Å². The zero-order chi connectivity index (χ0) is 21.1. The van der Waals surface area contributed by atoms with Gasteiger partial charge in [-0.25, -0.2) is 13.6 Å². The van der Waals surface area contributed by atoms with Crippen LogP contribution in [0.25, 0.3) is 0 Å². The summed E-state index contributed by atoms with van der Waals surface area (Å²) in [6.07, 6.45) is 0. The Hall–Kier alpha value is -2.09. The Morgan fingerprint density at radius 3 is 2.32 bits per heavy atom. The van der Waals surface area contributed by atoms with Gasteiger partial charge in [-0.15, -0.1) is 0 Å². The molecule has 2 rings (SSSR count). The number of ether oxygens (including phenoxy) is 1. The summed E-state index contributed by atoms with van der Waals surface area (Å²) in [4.78, 5) is 12.3. The molecule has 0 aliphatic heterocycles. The monoisotopic (exact) mass is 424 g/mol. The molecule has 1 amide bonds. The second-order valence-corrected chi connectivity index (χ2v) is 8.95. The first-order valence-corrected chi connectivity index (χ1v) is 10.8. The highest BCUT2D eigenvalue weighted by atomic mass is 35.5. The lowest BCUT2D eigenvalue weighted by molar-refractivity contribution is -0.123. The minimum absolute atomic E-state index is 0.0254. The van der Waals surface area contributed by atoms with Crippen LogP contribution in [0.2, 0.25) is 5.02 Å². The van der Waals surface area contributed by atoms with Gasteiger partial charge in [0.25, 0.3) is 5.91 Å². The minimum Gasteiger partial charge on any atom is -0.483 e. The highest BCUT2D eigenvalue weighted by Crippen LogP contribution is 2.32. The van der Waals surface area contributed by atoms with Crippen molar-refractivity contribution in [3.05, 3.63) is 58.1 Å². The van der Waals surface area contributed by atoms with Crippen LogP contribution in [0, 0.1) is 6.92 Å². The van der Waals surface area contributed by atoms with Gasteiger partial charge in [-0.05, 0) is 60.7 Å². The predicted octanol–water partition coefficient (Wildman–Crippen LogP) is 3.68. The number of rotatable bonds is 7. The number of nitrogens with two attached hydrogens (primary N) is 1. The molecule has 1 atom stereocenters. The molecule has 0 aliphatic carbocycles. The van der Waals surface area contributed by atoms with Crippen molar-refractivity contribution in [2.75, 3.05) is 6.61 Å². The topological polar surface area (TPSA) is 98.5 Å². The molecule has 2 aromatic rings. The van der Waals surface area contributed by atoms with Crippen LogP contribution in [0.3, 0.4) is 0 Å². The summed E-state index contributed by atoms with van der Waals surface area (Å²) >= 11 is 6.19. The average Bonchev–Trinajstić information content (AvgIpc) is 2.61. The maximum Gasteiger partial charge on any atom is 0.258 e. The molecule has 1 unspecified atom stereocenters. The van der Waals surface area contributed by atoms with Crippen molar-refractivity contribution in [1.82, 2.24) is 5.32 Å². The van der Waals surface area contributed by atoms with E-state index in [-0.39, 0.29) is 29.4 Å². The molecular weight excluding hydrogens is 400 g/mol. The fourth-order valence-electron chi connectivity index (χ4n) is 2.70. The van der Waals surface area contributed by atoms with Crippen LogP contribution in [-0.2, 0) is 14.8 Å². The number of carbonyl (C=O) groups is 1. The largest absolute Gasteiger partial charge is 0.483 e. The Morgan fingerprint density at radius 2 is 1.79 bits per heavy atom. The number of carbonyl (C=O) groups excluding carboxylic acids is 1. The van der Waals surface area contributed by atoms with Crippen LogP contribution in [0.15, 0.2) is 41.3 Å². The molecule has 0 heterocycles. The van der Waals surface area contributed by atoms with Crippen LogP contribution in [0.1, 0.15) is 49.4 Å². The first-order chi connectivity index (χ1) is 13.0. The smallest absolute Gasteiger partial charge is 0.258 e. The molecule has 3 N–H and O–H groups in total. The quantitative estimate of drug-likeness (QED) is 0.708. The molecule has 0 saturated carbocycles. The molecule has 0 radical (unpaired) electrons. The number of aryl methyl sites for hydroxylation is 1. The van der Waals surface area contributed by atoms with Crippen LogP contribution in [0.5, 0.6) is 5.75 Å². The summed E-state index contributed by atoms with van der Waals surface area (Å²) < 4.78 is 28.4. The number of halogens is 1. The molecule has 152 valence electrons. The molecule has 0 aromatic heterocycles. The molecular formula is C20H25ClN2O4S. The molecule has 0 aliphatic rings. The Morgan fingerprint density at radius 1 is 1.18 bits per heavy atom. The Bertz CT molecular complexity index is 957. The molecule has 0 spiro atoms. The minimum atomic E-state index is -3.74. The van der Waals surface area contributed by atoms with Crippen molar-refractivity contribution in [3.8, 4) is 5.75 Å². The summed E-state index contributed by atoms with van der Waals surface area (Å²) in [7, 11) is -3.74. The Kier molecular flexibility index (Phi) is 7.09. The predicted molar refractivity (Wildman–Crippen MR) is 110 cm³/mol. The first-order valence-electron chi connectivity index (χ1n) is 8.84. The standard InChI is InChI=1S/C20H25ClN2O4S/c1-12(2)17-10-18(21)13(3)9-19(17)27-11-20(24)23-14(4)15-5-7-16(8-6-15)28(22,25)26/h5-10,12,14H,11H2,1-4H3,(H,23,24)(H2,22,25,26). The van der Waals surface area contributed by atoms with E-state index in [1.807, 2.05) is 32.9 Å². The maximum absolute atomic E-state index is 12.3. The molecule has 0 fully saturated rings. The zero-order valence-corrected chi connectivity index (χ0v) is 17.9. The lowest BCUT2D eigenvalue weighted by atomic mass is 10.0. The average molecular weight is 425 g/mol. The Balaban J connectivity index is 2.02. The van der Waals surface area contributed by atoms with Crippen molar-refractivity contribution in [3.63, 3.8) is 0 Å². The lowest BCUT2D eigenvalue weighted by Crippen LogP contribution is -2.31. The van der Waals surface area contributed by atoms with Crippen molar-refractivity contribution >= 4 is 27.5 Å². The lowest BCUT2D eigenvalue weighted by Gasteiger charge is -2.18. The highest BCUT2D eigenvalue weighted by Gasteiger charge is 2.15. The van der Waals surface area contributed by atoms with E-state index in [1.165, 1.54) is 12.1 Å². The number of primary sulfonamides is 1. The number of sulfonamides is 1. The van der Waals surface area contributed by atoms with Gasteiger partial charge in [0, 0.05) is 5.02 Å². The van der Waals surface area contributed by atoms with E-state index < -0.39 is 10.0 Å². The highest BCUT2D eigenvalue weighted by molar-refractivity contribution is 7.89. The molecule has 8 heteroatoms. The SMILES string of the molecule is Cc1cc(OCC(=O)NC(C)c2ccc(S(N)(=O)=O)cc2)c(C(C)C)cc1Cl. The van der Waals surface area contributed by atoms with Gasteiger partial charge in [0.15, 0.2) is 6.61 Å². The number of nitrogens with one attached hydrogen (secondary N) is 1.